The van der Waals surface area contributed by atoms with E-state index in [9.17, 15) is 4.79 Å². The standard InChI is InChI=1S/C17H24N2O2/c1-19(2)10-6-9-17(20)18-14-11-13(12-14)15-7-4-5-8-16(15)21-3/h4-9,13-14H,10-12H2,1-3H3,(H,18,20)/b9-6+. The third-order valence-corrected chi connectivity index (χ3v) is 3.80. The number of likely N-dealkylation sites (N-methyl/N-ethyl adjacent to an activating group) is 1. The van der Waals surface area contributed by atoms with Crippen molar-refractivity contribution in [1.82, 2.24) is 10.2 Å². The van der Waals surface area contributed by atoms with Crippen LogP contribution in [0.5, 0.6) is 5.75 Å². The highest BCUT2D eigenvalue weighted by Crippen LogP contribution is 2.40. The Morgan fingerprint density at radius 2 is 2.10 bits per heavy atom. The van der Waals surface area contributed by atoms with Crippen molar-refractivity contribution in [2.75, 3.05) is 27.7 Å². The van der Waals surface area contributed by atoms with Crippen LogP contribution >= 0.6 is 0 Å². The second kappa shape index (κ2) is 7.27. The van der Waals surface area contributed by atoms with E-state index in [2.05, 4.69) is 11.4 Å². The summed E-state index contributed by atoms with van der Waals surface area (Å²) in [6, 6.07) is 8.39. The fourth-order valence-corrected chi connectivity index (χ4v) is 2.61. The zero-order valence-corrected chi connectivity index (χ0v) is 13.0. The van der Waals surface area contributed by atoms with Gasteiger partial charge in [0.2, 0.25) is 5.91 Å². The maximum Gasteiger partial charge on any atom is 0.243 e. The monoisotopic (exact) mass is 288 g/mol. The second-order valence-electron chi connectivity index (χ2n) is 5.78. The number of nitrogens with one attached hydrogen (secondary N) is 1. The first-order chi connectivity index (χ1) is 10.1. The number of hydrogen-bond acceptors (Lipinski definition) is 3. The first-order valence-electron chi connectivity index (χ1n) is 7.35. The lowest BCUT2D eigenvalue weighted by atomic mass is 9.75. The number of carbonyl (C=O) groups excluding carboxylic acids is 1. The second-order valence-corrected chi connectivity index (χ2v) is 5.78. The molecule has 0 saturated heterocycles. The Balaban J connectivity index is 1.79. The third kappa shape index (κ3) is 4.33. The van der Waals surface area contributed by atoms with Crippen molar-refractivity contribution < 1.29 is 9.53 Å². The zero-order chi connectivity index (χ0) is 15.2. The van der Waals surface area contributed by atoms with Crippen molar-refractivity contribution in [3.8, 4) is 5.75 Å². The molecule has 1 saturated carbocycles. The minimum atomic E-state index is 0.000302. The fourth-order valence-electron chi connectivity index (χ4n) is 2.61. The van der Waals surface area contributed by atoms with E-state index in [1.54, 1.807) is 13.2 Å². The highest BCUT2D eigenvalue weighted by atomic mass is 16.5. The summed E-state index contributed by atoms with van der Waals surface area (Å²) in [6.07, 6.45) is 5.46. The van der Waals surface area contributed by atoms with E-state index in [1.165, 1.54) is 5.56 Å². The summed E-state index contributed by atoms with van der Waals surface area (Å²) in [5.41, 5.74) is 1.24. The molecule has 0 aliphatic heterocycles. The van der Waals surface area contributed by atoms with Crippen molar-refractivity contribution >= 4 is 5.91 Å². The number of benzene rings is 1. The Labute approximate surface area is 126 Å². The molecular formula is C17H24N2O2. The van der Waals surface area contributed by atoms with E-state index in [-0.39, 0.29) is 11.9 Å². The molecule has 1 N–H and O–H groups in total. The number of ether oxygens (including phenoxy) is 1. The summed E-state index contributed by atoms with van der Waals surface area (Å²) in [4.78, 5) is 13.8. The average molecular weight is 288 g/mol. The number of rotatable bonds is 6. The normalized spacial score (nSPS) is 21.3. The summed E-state index contributed by atoms with van der Waals surface area (Å²) in [6.45, 7) is 0.780. The van der Waals surface area contributed by atoms with Gasteiger partial charge in [0, 0.05) is 18.7 Å². The SMILES string of the molecule is COc1ccccc1C1CC(NC(=O)/C=C/CN(C)C)C1. The summed E-state index contributed by atoms with van der Waals surface area (Å²) >= 11 is 0. The Morgan fingerprint density at radius 1 is 1.38 bits per heavy atom. The van der Waals surface area contributed by atoms with E-state index in [0.717, 1.165) is 25.1 Å². The van der Waals surface area contributed by atoms with Crippen molar-refractivity contribution in [2.24, 2.45) is 0 Å². The molecule has 0 bridgehead atoms. The molecule has 1 aliphatic rings. The van der Waals surface area contributed by atoms with Crippen LogP contribution in [0.25, 0.3) is 0 Å². The molecule has 21 heavy (non-hydrogen) atoms. The van der Waals surface area contributed by atoms with Gasteiger partial charge in [-0.3, -0.25) is 4.79 Å². The van der Waals surface area contributed by atoms with E-state index in [0.29, 0.717) is 5.92 Å². The summed E-state index contributed by atoms with van der Waals surface area (Å²) in [5, 5.41) is 3.04. The van der Waals surface area contributed by atoms with Crippen molar-refractivity contribution in [3.05, 3.63) is 42.0 Å². The van der Waals surface area contributed by atoms with Gasteiger partial charge >= 0.3 is 0 Å². The van der Waals surface area contributed by atoms with Gasteiger partial charge in [-0.2, -0.15) is 0 Å². The molecule has 114 valence electrons. The maximum absolute atomic E-state index is 11.8. The third-order valence-electron chi connectivity index (χ3n) is 3.80. The maximum atomic E-state index is 11.8. The minimum Gasteiger partial charge on any atom is -0.496 e. The van der Waals surface area contributed by atoms with Crippen LogP contribution in [0.15, 0.2) is 36.4 Å². The first-order valence-corrected chi connectivity index (χ1v) is 7.35. The predicted octanol–water partition coefficient (Wildman–Crippen LogP) is 2.18. The van der Waals surface area contributed by atoms with E-state index >= 15 is 0 Å². The Hall–Kier alpha value is -1.81. The molecule has 1 fully saturated rings. The highest BCUT2D eigenvalue weighted by molar-refractivity contribution is 5.87. The molecule has 1 amide bonds. The molecular weight excluding hydrogens is 264 g/mol. The molecule has 0 spiro atoms. The van der Waals surface area contributed by atoms with Crippen molar-refractivity contribution in [2.45, 2.75) is 24.8 Å². The lowest BCUT2D eigenvalue weighted by Crippen LogP contribution is -2.42. The highest BCUT2D eigenvalue weighted by Gasteiger charge is 2.32. The van der Waals surface area contributed by atoms with E-state index in [4.69, 9.17) is 4.74 Å². The topological polar surface area (TPSA) is 41.6 Å². The Kier molecular flexibility index (Phi) is 5.39. The van der Waals surface area contributed by atoms with Crippen LogP contribution in [0, 0.1) is 0 Å². The van der Waals surface area contributed by atoms with Crippen LogP contribution in [0.2, 0.25) is 0 Å². The van der Waals surface area contributed by atoms with E-state index < -0.39 is 0 Å². The van der Waals surface area contributed by atoms with Crippen molar-refractivity contribution in [1.29, 1.82) is 0 Å². The summed E-state index contributed by atoms with van der Waals surface area (Å²) < 4.78 is 5.39. The number of methoxy groups -OCH3 is 1. The minimum absolute atomic E-state index is 0.000302. The fraction of sp³-hybridized carbons (Fsp3) is 0.471. The summed E-state index contributed by atoms with van der Waals surface area (Å²) in [5.74, 6) is 1.43. The number of para-hydroxylation sites is 1. The van der Waals surface area contributed by atoms with E-state index in [1.807, 2.05) is 43.3 Å². The smallest absolute Gasteiger partial charge is 0.243 e. The van der Waals surface area contributed by atoms with Gasteiger partial charge in [0.25, 0.3) is 0 Å². The van der Waals surface area contributed by atoms with Crippen LogP contribution in [0.1, 0.15) is 24.3 Å². The molecule has 1 aliphatic carbocycles. The molecule has 0 aromatic heterocycles. The van der Waals surface area contributed by atoms with Gasteiger partial charge in [-0.05, 0) is 44.5 Å². The van der Waals surface area contributed by atoms with Crippen LogP contribution in [-0.4, -0.2) is 44.6 Å². The van der Waals surface area contributed by atoms with Gasteiger partial charge in [-0.25, -0.2) is 0 Å². The first kappa shape index (κ1) is 15.6. The average Bonchev–Trinajstić information content (AvgIpc) is 2.42. The van der Waals surface area contributed by atoms with Crippen LogP contribution < -0.4 is 10.1 Å². The van der Waals surface area contributed by atoms with Gasteiger partial charge in [-0.1, -0.05) is 24.3 Å². The Bertz CT molecular complexity index is 505. The molecule has 0 heterocycles. The molecule has 0 unspecified atom stereocenters. The van der Waals surface area contributed by atoms with Crippen LogP contribution in [0.3, 0.4) is 0 Å². The molecule has 0 atom stereocenters. The lowest BCUT2D eigenvalue weighted by Gasteiger charge is -2.36. The number of carbonyl (C=O) groups is 1. The molecule has 4 heteroatoms. The molecule has 4 nitrogen and oxygen atoms in total. The van der Waals surface area contributed by atoms with Gasteiger partial charge < -0.3 is 15.0 Å². The molecule has 2 rings (SSSR count). The van der Waals surface area contributed by atoms with Gasteiger partial charge in [0.05, 0.1) is 7.11 Å². The lowest BCUT2D eigenvalue weighted by molar-refractivity contribution is -0.117. The predicted molar refractivity (Wildman–Crippen MR) is 84.6 cm³/mol. The largest absolute Gasteiger partial charge is 0.496 e. The van der Waals surface area contributed by atoms with Crippen LogP contribution in [0.4, 0.5) is 0 Å². The van der Waals surface area contributed by atoms with Crippen LogP contribution in [-0.2, 0) is 4.79 Å². The Morgan fingerprint density at radius 3 is 2.76 bits per heavy atom. The van der Waals surface area contributed by atoms with Crippen molar-refractivity contribution in [3.63, 3.8) is 0 Å². The summed E-state index contributed by atoms with van der Waals surface area (Å²) in [7, 11) is 5.66. The number of amides is 1. The van der Waals surface area contributed by atoms with Gasteiger partial charge in [-0.15, -0.1) is 0 Å². The molecule has 1 aromatic carbocycles. The number of hydrogen-bond donors (Lipinski definition) is 1. The quantitative estimate of drug-likeness (QED) is 0.816. The number of nitrogens with zero attached hydrogens (tertiary/aromatic N) is 1. The molecule has 1 aromatic rings. The zero-order valence-electron chi connectivity index (χ0n) is 13.0. The van der Waals surface area contributed by atoms with Gasteiger partial charge in [0.15, 0.2) is 0 Å². The van der Waals surface area contributed by atoms with Gasteiger partial charge in [0.1, 0.15) is 5.75 Å². The molecule has 0 radical (unpaired) electrons.